The summed E-state index contributed by atoms with van der Waals surface area (Å²) in [6.07, 6.45) is 6.04. The molecule has 3 aliphatic rings. The molecule has 0 aromatic rings. The summed E-state index contributed by atoms with van der Waals surface area (Å²) < 4.78 is 0. The van der Waals surface area contributed by atoms with Gasteiger partial charge in [-0.3, -0.25) is 0 Å². The van der Waals surface area contributed by atoms with E-state index in [0.717, 1.165) is 11.8 Å². The first-order valence-electron chi connectivity index (χ1n) is 6.66. The Labute approximate surface area is 95.8 Å². The fourth-order valence-corrected chi connectivity index (χ4v) is 4.63. The molecule has 3 fully saturated rings. The van der Waals surface area contributed by atoms with Gasteiger partial charge < -0.3 is 0 Å². The maximum atomic E-state index is 2.46. The Morgan fingerprint density at radius 3 is 1.27 bits per heavy atom. The third kappa shape index (κ3) is 1.56. The van der Waals surface area contributed by atoms with Crippen molar-refractivity contribution in [1.29, 1.82) is 0 Å². The SMILES string of the molecule is CC(C)(C)C1(C(C)(C)C)CC2CC(C2)C1. The molecule has 0 nitrogen and oxygen atoms in total. The average molecular weight is 208 g/mol. The van der Waals surface area contributed by atoms with Crippen molar-refractivity contribution in [3.63, 3.8) is 0 Å². The van der Waals surface area contributed by atoms with Crippen LogP contribution in [0.1, 0.15) is 67.2 Å². The summed E-state index contributed by atoms with van der Waals surface area (Å²) in [4.78, 5) is 0. The van der Waals surface area contributed by atoms with Crippen LogP contribution in [0.15, 0.2) is 0 Å². The molecule has 0 aromatic heterocycles. The van der Waals surface area contributed by atoms with E-state index in [1.54, 1.807) is 0 Å². The van der Waals surface area contributed by atoms with Crippen LogP contribution in [0.5, 0.6) is 0 Å². The second-order valence-electron chi connectivity index (χ2n) is 8.19. The maximum absolute atomic E-state index is 2.46. The molecule has 15 heavy (non-hydrogen) atoms. The van der Waals surface area contributed by atoms with Crippen LogP contribution in [0.4, 0.5) is 0 Å². The molecule has 3 aliphatic carbocycles. The summed E-state index contributed by atoms with van der Waals surface area (Å²) in [5.41, 5.74) is 1.50. The van der Waals surface area contributed by atoms with Gasteiger partial charge in [-0.2, -0.15) is 0 Å². The summed E-state index contributed by atoms with van der Waals surface area (Å²) in [6, 6.07) is 0. The van der Waals surface area contributed by atoms with Crippen molar-refractivity contribution < 1.29 is 0 Å². The molecule has 3 rings (SSSR count). The highest BCUT2D eigenvalue weighted by Crippen LogP contribution is 2.66. The van der Waals surface area contributed by atoms with Gasteiger partial charge in [0.2, 0.25) is 0 Å². The minimum atomic E-state index is 0.461. The van der Waals surface area contributed by atoms with Crippen molar-refractivity contribution >= 4 is 0 Å². The Morgan fingerprint density at radius 1 is 0.733 bits per heavy atom. The predicted octanol–water partition coefficient (Wildman–Crippen LogP) is 4.89. The van der Waals surface area contributed by atoms with E-state index in [4.69, 9.17) is 0 Å². The monoisotopic (exact) mass is 208 g/mol. The fourth-order valence-electron chi connectivity index (χ4n) is 4.63. The third-order valence-corrected chi connectivity index (χ3v) is 5.48. The Hall–Kier alpha value is 0. The van der Waals surface area contributed by atoms with E-state index in [9.17, 15) is 0 Å². The van der Waals surface area contributed by atoms with Gasteiger partial charge in [0.05, 0.1) is 0 Å². The number of rotatable bonds is 0. The first-order valence-corrected chi connectivity index (χ1v) is 6.66. The predicted molar refractivity (Wildman–Crippen MR) is 66.8 cm³/mol. The molecule has 2 bridgehead atoms. The fraction of sp³-hybridized carbons (Fsp3) is 1.00. The van der Waals surface area contributed by atoms with Gasteiger partial charge in [-0.05, 0) is 53.8 Å². The van der Waals surface area contributed by atoms with Gasteiger partial charge in [-0.1, -0.05) is 41.5 Å². The van der Waals surface area contributed by atoms with Gasteiger partial charge in [-0.15, -0.1) is 0 Å². The normalized spacial score (nSPS) is 34.8. The molecule has 0 N–H and O–H groups in total. The molecular weight excluding hydrogens is 180 g/mol. The Morgan fingerprint density at radius 2 is 1.07 bits per heavy atom. The molecule has 3 saturated carbocycles. The van der Waals surface area contributed by atoms with Gasteiger partial charge >= 0.3 is 0 Å². The zero-order chi connectivity index (χ0) is 11.5. The van der Waals surface area contributed by atoms with Gasteiger partial charge in [0.15, 0.2) is 0 Å². The largest absolute Gasteiger partial charge is 0.0596 e. The topological polar surface area (TPSA) is 0 Å². The molecule has 0 heterocycles. The second kappa shape index (κ2) is 3.02. The van der Waals surface area contributed by atoms with Crippen molar-refractivity contribution in [2.75, 3.05) is 0 Å². The maximum Gasteiger partial charge on any atom is -0.0195 e. The summed E-state index contributed by atoms with van der Waals surface area (Å²) in [7, 11) is 0. The average Bonchev–Trinajstić information content (AvgIpc) is 1.99. The highest BCUT2D eigenvalue weighted by Gasteiger charge is 2.57. The number of hydrogen-bond acceptors (Lipinski definition) is 0. The lowest BCUT2D eigenvalue weighted by molar-refractivity contribution is -0.137. The second-order valence-corrected chi connectivity index (χ2v) is 8.19. The van der Waals surface area contributed by atoms with Crippen LogP contribution >= 0.6 is 0 Å². The summed E-state index contributed by atoms with van der Waals surface area (Å²) >= 11 is 0. The molecule has 0 amide bonds. The quantitative estimate of drug-likeness (QED) is 0.532. The molecule has 0 radical (unpaired) electrons. The molecule has 0 atom stereocenters. The van der Waals surface area contributed by atoms with Crippen molar-refractivity contribution in [2.45, 2.75) is 67.2 Å². The van der Waals surface area contributed by atoms with Gasteiger partial charge in [0, 0.05) is 0 Å². The summed E-state index contributed by atoms with van der Waals surface area (Å²) in [5.74, 6) is 2.12. The van der Waals surface area contributed by atoms with Crippen LogP contribution in [0, 0.1) is 28.1 Å². The first kappa shape index (κ1) is 11.5. The smallest absolute Gasteiger partial charge is 0.0195 e. The van der Waals surface area contributed by atoms with E-state index in [0.29, 0.717) is 16.2 Å². The van der Waals surface area contributed by atoms with E-state index in [2.05, 4.69) is 41.5 Å². The van der Waals surface area contributed by atoms with Crippen LogP contribution in [0.2, 0.25) is 0 Å². The summed E-state index contributed by atoms with van der Waals surface area (Å²) in [6.45, 7) is 14.8. The van der Waals surface area contributed by atoms with Crippen molar-refractivity contribution in [3.05, 3.63) is 0 Å². The molecule has 0 saturated heterocycles. The van der Waals surface area contributed by atoms with Crippen LogP contribution in [0.3, 0.4) is 0 Å². The lowest BCUT2D eigenvalue weighted by Crippen LogP contribution is -2.54. The van der Waals surface area contributed by atoms with E-state index < -0.39 is 0 Å². The van der Waals surface area contributed by atoms with Crippen molar-refractivity contribution in [1.82, 2.24) is 0 Å². The Balaban J connectivity index is 2.33. The highest BCUT2D eigenvalue weighted by atomic mass is 14.6. The Bertz CT molecular complexity index is 216. The first-order chi connectivity index (χ1) is 6.66. The van der Waals surface area contributed by atoms with Crippen LogP contribution in [-0.2, 0) is 0 Å². The summed E-state index contributed by atoms with van der Waals surface area (Å²) in [5, 5.41) is 0. The van der Waals surface area contributed by atoms with Crippen LogP contribution in [0.25, 0.3) is 0 Å². The van der Waals surface area contributed by atoms with Crippen LogP contribution in [-0.4, -0.2) is 0 Å². The van der Waals surface area contributed by atoms with E-state index in [-0.39, 0.29) is 0 Å². The molecule has 0 aromatic carbocycles. The minimum Gasteiger partial charge on any atom is -0.0596 e. The number of fused-ring (bicyclic) bond motifs is 2. The van der Waals surface area contributed by atoms with Crippen molar-refractivity contribution in [2.24, 2.45) is 28.1 Å². The Kier molecular flexibility index (Phi) is 2.31. The van der Waals surface area contributed by atoms with Gasteiger partial charge in [-0.25, -0.2) is 0 Å². The standard InChI is InChI=1S/C15H28/c1-13(2,3)15(14(4,5)6)9-11-7-12(8-11)10-15/h11-12H,7-10H2,1-6H3. The number of hydrogen-bond donors (Lipinski definition) is 0. The lowest BCUT2D eigenvalue weighted by Gasteiger charge is -2.63. The van der Waals surface area contributed by atoms with E-state index in [1.807, 2.05) is 0 Å². The highest BCUT2D eigenvalue weighted by molar-refractivity contribution is 5.07. The molecule has 0 unspecified atom stereocenters. The van der Waals surface area contributed by atoms with Crippen molar-refractivity contribution in [3.8, 4) is 0 Å². The zero-order valence-corrected chi connectivity index (χ0v) is 11.5. The van der Waals surface area contributed by atoms with Crippen LogP contribution < -0.4 is 0 Å². The molecular formula is C15H28. The lowest BCUT2D eigenvalue weighted by atomic mass is 9.42. The molecule has 88 valence electrons. The molecule has 0 spiro atoms. The third-order valence-electron chi connectivity index (χ3n) is 5.48. The zero-order valence-electron chi connectivity index (χ0n) is 11.5. The molecule has 0 aliphatic heterocycles. The van der Waals surface area contributed by atoms with Gasteiger partial charge in [0.25, 0.3) is 0 Å². The van der Waals surface area contributed by atoms with Gasteiger partial charge in [0.1, 0.15) is 0 Å². The van der Waals surface area contributed by atoms with E-state index >= 15 is 0 Å². The minimum absolute atomic E-state index is 0.461. The molecule has 0 heteroatoms. The van der Waals surface area contributed by atoms with E-state index in [1.165, 1.54) is 25.7 Å².